The lowest BCUT2D eigenvalue weighted by Gasteiger charge is -2.66. The highest BCUT2D eigenvalue weighted by Gasteiger charge is 2.62. The van der Waals surface area contributed by atoms with Crippen molar-refractivity contribution in [1.82, 2.24) is 0 Å². The van der Waals surface area contributed by atoms with Crippen LogP contribution in [0.1, 0.15) is 135 Å². The van der Waals surface area contributed by atoms with E-state index in [1.807, 2.05) is 40.9 Å². The second kappa shape index (κ2) is 24.2. The van der Waals surface area contributed by atoms with E-state index < -0.39 is 6.10 Å². The number of allylic oxidation sites excluding steroid dienone is 1. The van der Waals surface area contributed by atoms with Crippen molar-refractivity contribution in [2.75, 3.05) is 26.4 Å². The van der Waals surface area contributed by atoms with Gasteiger partial charge in [0.2, 0.25) is 0 Å². The van der Waals surface area contributed by atoms with Gasteiger partial charge in [0.1, 0.15) is 12.4 Å². The maximum Gasteiger partial charge on any atom is 0.150 e. The van der Waals surface area contributed by atoms with Crippen molar-refractivity contribution < 1.29 is 24.1 Å². The van der Waals surface area contributed by atoms with Gasteiger partial charge < -0.3 is 24.1 Å². The van der Waals surface area contributed by atoms with Crippen molar-refractivity contribution in [2.45, 2.75) is 165 Å². The molecule has 0 aliphatic heterocycles. The minimum absolute atomic E-state index is 0.204. The van der Waals surface area contributed by atoms with Crippen molar-refractivity contribution in [2.24, 2.45) is 58.2 Å². The summed E-state index contributed by atoms with van der Waals surface area (Å²) in [6, 6.07) is 0. The van der Waals surface area contributed by atoms with Crippen LogP contribution in [0.3, 0.4) is 0 Å². The molecule has 0 aromatic carbocycles. The number of aliphatic hydroxyl groups is 1. The number of carbonyl (C=O) groups is 1. The molecule has 5 unspecified atom stereocenters. The van der Waals surface area contributed by atoms with E-state index in [1.165, 1.54) is 32.0 Å². The number of aldehydes is 1. The Morgan fingerprint density at radius 2 is 1.29 bits per heavy atom. The van der Waals surface area contributed by atoms with E-state index in [0.717, 1.165) is 92.6 Å². The van der Waals surface area contributed by atoms with Crippen LogP contribution in [0.2, 0.25) is 18.0 Å². The summed E-state index contributed by atoms with van der Waals surface area (Å²) in [6.45, 7) is 40.5. The van der Waals surface area contributed by atoms with Crippen LogP contribution in [-0.2, 0) is 19.0 Å². The molecule has 10 atom stereocenters. The predicted octanol–water partition coefficient (Wildman–Crippen LogP) is 12.0. The minimum atomic E-state index is -0.436. The first kappa shape index (κ1) is 48.7. The van der Waals surface area contributed by atoms with E-state index in [9.17, 15) is 9.90 Å². The molecule has 0 saturated heterocycles. The highest BCUT2D eigenvalue weighted by molar-refractivity contribution is 6.62. The number of rotatable bonds is 18. The number of carbonyl (C=O) groups excluding carboxylic acids is 1. The molecule has 6 fully saturated rings. The van der Waals surface area contributed by atoms with Crippen LogP contribution in [0, 0.1) is 58.2 Å². The second-order valence-corrected chi connectivity index (χ2v) is 18.4. The van der Waals surface area contributed by atoms with Gasteiger partial charge in [-0.05, 0) is 84.4 Å². The average Bonchev–Trinajstić information content (AvgIpc) is 3.11. The Hall–Kier alpha value is -1.37. The third-order valence-corrected chi connectivity index (χ3v) is 13.5. The molecule has 6 rings (SSSR count). The molecular weight excluding hydrogens is 643 g/mol. The first-order valence-corrected chi connectivity index (χ1v) is 21.3. The second-order valence-electron chi connectivity index (χ2n) is 18.4. The summed E-state index contributed by atoms with van der Waals surface area (Å²) in [7, 11) is 0. The first-order valence-electron chi connectivity index (χ1n) is 21.3. The molecule has 1 N–H and O–H groups in total. The Morgan fingerprint density at radius 1 is 0.808 bits per heavy atom. The van der Waals surface area contributed by atoms with Crippen molar-refractivity contribution in [1.29, 1.82) is 0 Å². The molecule has 0 aromatic rings. The number of hydrogen-bond acceptors (Lipinski definition) is 5. The summed E-state index contributed by atoms with van der Waals surface area (Å²) in [6.07, 6.45) is 18.5. The molecule has 0 radical (unpaired) electrons. The van der Waals surface area contributed by atoms with Crippen molar-refractivity contribution >= 4 is 13.0 Å². The van der Waals surface area contributed by atoms with Gasteiger partial charge in [-0.3, -0.25) is 0 Å². The van der Waals surface area contributed by atoms with E-state index in [2.05, 4.69) is 74.6 Å². The maximum absolute atomic E-state index is 9.62. The minimum Gasteiger partial charge on any atom is -0.502 e. The zero-order valence-corrected chi connectivity index (χ0v) is 36.4. The summed E-state index contributed by atoms with van der Waals surface area (Å²) in [5.41, 5.74) is 1.20. The van der Waals surface area contributed by atoms with Crippen LogP contribution in [0.25, 0.3) is 0 Å². The van der Waals surface area contributed by atoms with Crippen LogP contribution in [0.5, 0.6) is 0 Å². The predicted molar refractivity (Wildman–Crippen MR) is 225 cm³/mol. The lowest BCUT2D eigenvalue weighted by atomic mass is 9.20. The van der Waals surface area contributed by atoms with Crippen molar-refractivity contribution in [3.63, 3.8) is 0 Å². The largest absolute Gasteiger partial charge is 0.502 e. The zero-order valence-electron chi connectivity index (χ0n) is 36.4. The molecule has 5 nitrogen and oxygen atoms in total. The summed E-state index contributed by atoms with van der Waals surface area (Å²) in [4.78, 5) is 9.50. The Kier molecular flexibility index (Phi) is 22.7. The van der Waals surface area contributed by atoms with Crippen LogP contribution >= 0.6 is 0 Å². The lowest BCUT2D eigenvalue weighted by Crippen LogP contribution is -2.59. The van der Waals surface area contributed by atoms with Gasteiger partial charge in [-0.2, -0.15) is 0 Å². The Balaban J connectivity index is 0.000000464. The number of aliphatic hydroxyl groups excluding tert-OH is 1. The molecular formula is C46H85BO5. The molecule has 52 heavy (non-hydrogen) atoms. The van der Waals surface area contributed by atoms with Gasteiger partial charge in [-0.1, -0.05) is 139 Å². The van der Waals surface area contributed by atoms with E-state index in [0.29, 0.717) is 24.0 Å². The van der Waals surface area contributed by atoms with Gasteiger partial charge in [-0.25, -0.2) is 0 Å². The van der Waals surface area contributed by atoms with Crippen molar-refractivity contribution in [3.05, 3.63) is 37.6 Å². The maximum atomic E-state index is 9.62. The molecule has 6 saturated carbocycles. The van der Waals surface area contributed by atoms with Gasteiger partial charge in [0.15, 0.2) is 6.71 Å². The molecule has 6 aliphatic rings. The van der Waals surface area contributed by atoms with E-state index in [4.69, 9.17) is 14.2 Å². The molecule has 0 heterocycles. The smallest absolute Gasteiger partial charge is 0.150 e. The Bertz CT molecular complexity index is 978. The summed E-state index contributed by atoms with van der Waals surface area (Å²) >= 11 is 0. The van der Waals surface area contributed by atoms with Crippen LogP contribution in [0.4, 0.5) is 0 Å². The van der Waals surface area contributed by atoms with E-state index in [-0.39, 0.29) is 17.9 Å². The SMILES string of the molecule is C=CCOCCC.C=C[C@H](OCCC)[C@@H](O)C(C)C.CC(C)C=O.CCCO/C=C\CB(C1CC2CC([C@H]1C)C2(C)C)[C@@H]1CC2CC([C@H]1C)C2(C)C. The average molecular weight is 729 g/mol. The van der Waals surface area contributed by atoms with Gasteiger partial charge in [0, 0.05) is 19.1 Å². The topological polar surface area (TPSA) is 65.0 Å². The highest BCUT2D eigenvalue weighted by atomic mass is 16.5. The monoisotopic (exact) mass is 729 g/mol. The fourth-order valence-corrected chi connectivity index (χ4v) is 9.89. The molecule has 302 valence electrons. The molecule has 4 bridgehead atoms. The third-order valence-electron chi connectivity index (χ3n) is 13.5. The first-order chi connectivity index (χ1) is 24.5. The van der Waals surface area contributed by atoms with Gasteiger partial charge in [0.25, 0.3) is 0 Å². The number of fused-ring (bicyclic) bond motifs is 4. The van der Waals surface area contributed by atoms with Crippen LogP contribution in [0.15, 0.2) is 37.6 Å². The fourth-order valence-electron chi connectivity index (χ4n) is 9.89. The normalized spacial score (nSPS) is 30.1. The van der Waals surface area contributed by atoms with Crippen LogP contribution in [-0.4, -0.2) is 56.7 Å². The van der Waals surface area contributed by atoms with E-state index in [1.54, 1.807) is 12.2 Å². The summed E-state index contributed by atoms with van der Waals surface area (Å²) < 4.78 is 16.1. The fraction of sp³-hybridized carbons (Fsp3) is 0.848. The highest BCUT2D eigenvalue weighted by Crippen LogP contribution is 2.69. The zero-order chi connectivity index (χ0) is 39.6. The molecule has 0 aromatic heterocycles. The summed E-state index contributed by atoms with van der Waals surface area (Å²) in [5.74, 6) is 7.95. The third kappa shape index (κ3) is 13.7. The molecule has 6 heteroatoms. The molecule has 0 spiro atoms. The number of hydrogen-bond donors (Lipinski definition) is 1. The standard InChI is InChI=1S/C26H45BO.C10H20O2.C6H12O.C4H8O/c1-8-11-28-12-9-10-27(23-15-19-13-21(17(23)2)25(19,4)5)24-16-20-14-22(18(24)3)26(20,6)7;1-5-7-12-9(6-2)10(11)8(3)4;1-3-5-7-6-4-2;1-4(2)3-5/h9,12,17-24H,8,10-11,13-16H2,1-7H3;6,8-11H,2,5,7H2,1,3-4H3;3H,1,4-6H2,2H3;3-4H,1-2H3/b12-9-;;;/t17-,18-,19?,20?,21?,22?,23-,24?;9-,10-;;/m10../s1. The molecule has 6 aliphatic carbocycles. The van der Waals surface area contributed by atoms with Crippen molar-refractivity contribution in [3.8, 4) is 0 Å². The Morgan fingerprint density at radius 3 is 1.63 bits per heavy atom. The Labute approximate surface area is 323 Å². The summed E-state index contributed by atoms with van der Waals surface area (Å²) in [5, 5.41) is 9.62. The lowest BCUT2D eigenvalue weighted by molar-refractivity contribution is -0.110. The van der Waals surface area contributed by atoms with Crippen LogP contribution < -0.4 is 0 Å². The number of ether oxygens (including phenoxy) is 3. The van der Waals surface area contributed by atoms with E-state index >= 15 is 0 Å². The van der Waals surface area contributed by atoms with Gasteiger partial charge in [0.05, 0.1) is 25.6 Å². The van der Waals surface area contributed by atoms with Gasteiger partial charge in [-0.15, -0.1) is 13.2 Å². The molecule has 0 amide bonds. The van der Waals surface area contributed by atoms with Gasteiger partial charge >= 0.3 is 0 Å². The quantitative estimate of drug-likeness (QED) is 0.0500.